The molecule has 4 saturated carbocycles. The second kappa shape index (κ2) is 9.22. The van der Waals surface area contributed by atoms with Crippen LogP contribution < -0.4 is 0 Å². The molecule has 0 bridgehead atoms. The highest BCUT2D eigenvalue weighted by atomic mass is 16.3. The van der Waals surface area contributed by atoms with E-state index in [-0.39, 0.29) is 12.7 Å². The summed E-state index contributed by atoms with van der Waals surface area (Å²) in [6.07, 6.45) is 14.4. The van der Waals surface area contributed by atoms with E-state index in [9.17, 15) is 9.90 Å². The van der Waals surface area contributed by atoms with Gasteiger partial charge in [0, 0.05) is 13.0 Å². The number of hydrogen-bond donors (Lipinski definition) is 2. The quantitative estimate of drug-likeness (QED) is 0.548. The number of aldehydes is 1. The van der Waals surface area contributed by atoms with Crippen LogP contribution in [0.3, 0.4) is 0 Å². The van der Waals surface area contributed by atoms with Crippen LogP contribution in [-0.4, -0.2) is 29.2 Å². The first-order valence-electron chi connectivity index (χ1n) is 12.9. The Hall–Kier alpha value is -0.410. The van der Waals surface area contributed by atoms with Crippen molar-refractivity contribution in [1.82, 2.24) is 0 Å². The lowest BCUT2D eigenvalue weighted by molar-refractivity contribution is -0.171. The number of aliphatic hydroxyl groups is 2. The molecule has 7 unspecified atom stereocenters. The third-order valence-corrected chi connectivity index (χ3v) is 10.8. The molecule has 30 heavy (non-hydrogen) atoms. The van der Waals surface area contributed by atoms with Crippen LogP contribution in [0.4, 0.5) is 0 Å². The Morgan fingerprint density at radius 2 is 1.70 bits per heavy atom. The van der Waals surface area contributed by atoms with Gasteiger partial charge in [-0.05, 0) is 117 Å². The molecule has 4 fully saturated rings. The minimum Gasteiger partial charge on any atom is -0.397 e. The van der Waals surface area contributed by atoms with Crippen LogP contribution in [-0.2, 0) is 4.79 Å². The molecule has 0 aromatic heterocycles. The predicted octanol–water partition coefficient (Wildman–Crippen LogP) is 6.01. The van der Waals surface area contributed by atoms with E-state index in [2.05, 4.69) is 27.7 Å². The summed E-state index contributed by atoms with van der Waals surface area (Å²) in [6.45, 7) is 12.1. The maximum atomic E-state index is 10.9. The number of fused-ring (bicyclic) bond motifs is 5. The molecule has 0 saturated heterocycles. The fourth-order valence-corrected chi connectivity index (χ4v) is 9.12. The van der Waals surface area contributed by atoms with Gasteiger partial charge < -0.3 is 15.0 Å². The van der Waals surface area contributed by atoms with Crippen LogP contribution in [0.1, 0.15) is 105 Å². The van der Waals surface area contributed by atoms with Gasteiger partial charge in [0.25, 0.3) is 0 Å². The molecule has 3 nitrogen and oxygen atoms in total. The van der Waals surface area contributed by atoms with Crippen molar-refractivity contribution >= 4 is 6.29 Å². The molecule has 3 heteroatoms. The van der Waals surface area contributed by atoms with E-state index in [1.165, 1.54) is 44.9 Å². The van der Waals surface area contributed by atoms with Crippen molar-refractivity contribution < 1.29 is 15.0 Å². The number of carbonyl (C=O) groups excluding carboxylic acids is 1. The normalized spacial score (nSPS) is 48.4. The Bertz CT molecular complexity index is 591. The number of aliphatic hydroxyl groups excluding tert-OH is 2. The van der Waals surface area contributed by atoms with E-state index in [1.807, 2.05) is 0 Å². The zero-order valence-electron chi connectivity index (χ0n) is 20.3. The summed E-state index contributed by atoms with van der Waals surface area (Å²) in [5.74, 6) is 4.17. The van der Waals surface area contributed by atoms with E-state index >= 15 is 0 Å². The molecule has 0 aromatic carbocycles. The lowest BCUT2D eigenvalue weighted by Gasteiger charge is -2.65. The predicted molar refractivity (Wildman–Crippen MR) is 123 cm³/mol. The molecule has 9 atom stereocenters. The Balaban J connectivity index is 0.000000806. The third-order valence-electron chi connectivity index (χ3n) is 10.8. The van der Waals surface area contributed by atoms with E-state index < -0.39 is 0 Å². The molecule has 0 spiro atoms. The van der Waals surface area contributed by atoms with Gasteiger partial charge in [-0.1, -0.05) is 27.7 Å². The van der Waals surface area contributed by atoms with Crippen LogP contribution in [0.15, 0.2) is 0 Å². The van der Waals surface area contributed by atoms with Crippen LogP contribution in [0, 0.1) is 45.8 Å². The lowest BCUT2D eigenvalue weighted by atomic mass is 9.40. The standard InChI is InChI=1S/C25H42O2.C2H6O/c1-17(6-5-15-26)20-7-8-21-19-10-12-23(2)16-18(27)9-14-25(23,4)22(19)11-13-24(20,21)3;1-2-3/h15,17-22,27H,5-14,16H2,1-4H3;3H,2H2,1H3/t17-,18-,19?,20?,21?,22?,23?,24?,25?;/m1./s1. The molecule has 0 amide bonds. The van der Waals surface area contributed by atoms with Gasteiger partial charge in [0.05, 0.1) is 6.10 Å². The molecule has 0 aliphatic heterocycles. The van der Waals surface area contributed by atoms with Gasteiger partial charge in [-0.15, -0.1) is 0 Å². The highest BCUT2D eigenvalue weighted by Crippen LogP contribution is 2.71. The number of rotatable bonds is 4. The maximum Gasteiger partial charge on any atom is 0.120 e. The summed E-state index contributed by atoms with van der Waals surface area (Å²) in [7, 11) is 0. The third kappa shape index (κ3) is 3.91. The Labute approximate surface area is 185 Å². The second-order valence-electron chi connectivity index (χ2n) is 12.1. The zero-order valence-corrected chi connectivity index (χ0v) is 20.3. The largest absolute Gasteiger partial charge is 0.397 e. The highest BCUT2D eigenvalue weighted by molar-refractivity contribution is 5.49. The van der Waals surface area contributed by atoms with Crippen LogP contribution in [0.25, 0.3) is 0 Å². The molecule has 2 N–H and O–H groups in total. The average molecular weight is 421 g/mol. The van der Waals surface area contributed by atoms with Gasteiger partial charge >= 0.3 is 0 Å². The summed E-state index contributed by atoms with van der Waals surface area (Å²) < 4.78 is 0. The van der Waals surface area contributed by atoms with Crippen LogP contribution in [0.5, 0.6) is 0 Å². The molecule has 4 aliphatic rings. The smallest absolute Gasteiger partial charge is 0.120 e. The zero-order chi connectivity index (χ0) is 22.2. The Morgan fingerprint density at radius 1 is 1.00 bits per heavy atom. The van der Waals surface area contributed by atoms with Gasteiger partial charge in [-0.2, -0.15) is 0 Å². The highest BCUT2D eigenvalue weighted by Gasteiger charge is 2.63. The number of hydrogen-bond acceptors (Lipinski definition) is 3. The first-order valence-corrected chi connectivity index (χ1v) is 12.9. The summed E-state index contributed by atoms with van der Waals surface area (Å²) in [5.41, 5.74) is 1.27. The van der Waals surface area contributed by atoms with Gasteiger partial charge in [-0.25, -0.2) is 0 Å². The minimum absolute atomic E-state index is 0.0667. The fraction of sp³-hybridized carbons (Fsp3) is 0.963. The van der Waals surface area contributed by atoms with Crippen LogP contribution in [0.2, 0.25) is 0 Å². The SMILES string of the molecule is CCO.C[C@H](CCC=O)C1CCC2C3CCC4(C)C[C@H](O)CCC4(C)C3CCC21C. The Kier molecular flexibility index (Phi) is 7.45. The lowest BCUT2D eigenvalue weighted by Crippen LogP contribution is -2.58. The van der Waals surface area contributed by atoms with Gasteiger partial charge in [-0.3, -0.25) is 0 Å². The molecule has 0 heterocycles. The molecule has 0 aromatic rings. The second-order valence-corrected chi connectivity index (χ2v) is 12.1. The van der Waals surface area contributed by atoms with E-state index in [4.69, 9.17) is 5.11 Å². The first kappa shape index (κ1) is 24.2. The van der Waals surface area contributed by atoms with Crippen molar-refractivity contribution in [2.24, 2.45) is 45.8 Å². The number of carbonyl (C=O) groups is 1. The Morgan fingerprint density at radius 3 is 2.37 bits per heavy atom. The molecular weight excluding hydrogens is 372 g/mol. The van der Waals surface area contributed by atoms with E-state index in [0.29, 0.717) is 22.2 Å². The van der Waals surface area contributed by atoms with Crippen molar-refractivity contribution in [1.29, 1.82) is 0 Å². The van der Waals surface area contributed by atoms with E-state index in [0.717, 1.165) is 55.6 Å². The average Bonchev–Trinajstić information content (AvgIpc) is 3.05. The minimum atomic E-state index is -0.0667. The summed E-state index contributed by atoms with van der Waals surface area (Å²) in [6, 6.07) is 0. The van der Waals surface area contributed by atoms with Crippen molar-refractivity contribution in [3.8, 4) is 0 Å². The van der Waals surface area contributed by atoms with Crippen LogP contribution >= 0.6 is 0 Å². The van der Waals surface area contributed by atoms with Crippen molar-refractivity contribution in [3.63, 3.8) is 0 Å². The summed E-state index contributed by atoms with van der Waals surface area (Å²) >= 11 is 0. The first-order chi connectivity index (χ1) is 14.2. The van der Waals surface area contributed by atoms with Crippen molar-refractivity contribution in [3.05, 3.63) is 0 Å². The molecule has 174 valence electrons. The topological polar surface area (TPSA) is 57.5 Å². The van der Waals surface area contributed by atoms with Crippen molar-refractivity contribution in [2.45, 2.75) is 111 Å². The summed E-state index contributed by atoms with van der Waals surface area (Å²) in [5, 5.41) is 17.9. The monoisotopic (exact) mass is 420 g/mol. The molecular formula is C27H48O3. The fourth-order valence-electron chi connectivity index (χ4n) is 9.12. The molecule has 0 radical (unpaired) electrons. The summed E-state index contributed by atoms with van der Waals surface area (Å²) in [4.78, 5) is 10.9. The maximum absolute atomic E-state index is 10.9. The molecule has 4 rings (SSSR count). The van der Waals surface area contributed by atoms with Gasteiger partial charge in [0.2, 0.25) is 0 Å². The van der Waals surface area contributed by atoms with Gasteiger partial charge in [0.15, 0.2) is 0 Å². The molecule has 4 aliphatic carbocycles. The van der Waals surface area contributed by atoms with Gasteiger partial charge in [0.1, 0.15) is 6.29 Å². The van der Waals surface area contributed by atoms with E-state index in [1.54, 1.807) is 6.92 Å². The van der Waals surface area contributed by atoms with Crippen molar-refractivity contribution in [2.75, 3.05) is 6.61 Å².